The van der Waals surface area contributed by atoms with E-state index in [1.54, 1.807) is 41.8 Å². The lowest BCUT2D eigenvalue weighted by atomic mass is 10.1. The van der Waals surface area contributed by atoms with Crippen molar-refractivity contribution in [2.75, 3.05) is 5.43 Å². The molecule has 0 saturated carbocycles. The predicted molar refractivity (Wildman–Crippen MR) is 101 cm³/mol. The van der Waals surface area contributed by atoms with Crippen LogP contribution in [0.25, 0.3) is 11.3 Å². The fourth-order valence-corrected chi connectivity index (χ4v) is 3.03. The molecule has 0 aliphatic carbocycles. The van der Waals surface area contributed by atoms with Crippen molar-refractivity contribution in [2.45, 2.75) is 0 Å². The highest BCUT2D eigenvalue weighted by molar-refractivity contribution is 7.12. The molecule has 0 atom stereocenters. The molecule has 0 bridgehead atoms. The summed E-state index contributed by atoms with van der Waals surface area (Å²) in [5, 5.41) is 26.9. The molecule has 0 spiro atoms. The number of rotatable bonds is 5. The van der Waals surface area contributed by atoms with Crippen molar-refractivity contribution in [1.82, 2.24) is 4.98 Å². The van der Waals surface area contributed by atoms with E-state index in [0.717, 1.165) is 0 Å². The molecule has 0 saturated heterocycles. The number of nitrogens with one attached hydrogen (secondary N) is 1. The molecule has 7 nitrogen and oxygen atoms in total. The summed E-state index contributed by atoms with van der Waals surface area (Å²) < 4.78 is 0. The molecule has 3 rings (SSSR count). The third-order valence-corrected chi connectivity index (χ3v) is 4.51. The molecule has 0 unspecified atom stereocenters. The average Bonchev–Trinajstić information content (AvgIpc) is 3.14. The number of para-hydroxylation sites is 1. The number of thiazole rings is 1. The van der Waals surface area contributed by atoms with Crippen molar-refractivity contribution in [3.05, 3.63) is 74.1 Å². The van der Waals surface area contributed by atoms with Gasteiger partial charge in [-0.3, -0.25) is 15.5 Å². The molecular weight excluding hydrogens is 374 g/mol. The Bertz CT molecular complexity index is 1040. The summed E-state index contributed by atoms with van der Waals surface area (Å²) in [4.78, 5) is 14.8. The maximum Gasteiger partial charge on any atom is 0.270 e. The van der Waals surface area contributed by atoms with E-state index in [-0.39, 0.29) is 11.4 Å². The number of nitrogens with zero attached hydrogens (tertiary/aromatic N) is 4. The molecule has 1 N–H and O–H groups in total. The molecule has 0 amide bonds. The molecule has 0 aliphatic rings. The minimum atomic E-state index is -0.466. The van der Waals surface area contributed by atoms with Gasteiger partial charge >= 0.3 is 0 Å². The van der Waals surface area contributed by atoms with E-state index in [4.69, 9.17) is 11.6 Å². The van der Waals surface area contributed by atoms with Gasteiger partial charge in [0.2, 0.25) is 0 Å². The molecular formula is C17H10ClN5O2S. The average molecular weight is 384 g/mol. The first-order valence-electron chi connectivity index (χ1n) is 7.27. The number of hydrogen-bond acceptors (Lipinski definition) is 7. The molecule has 0 radical (unpaired) electrons. The van der Waals surface area contributed by atoms with Gasteiger partial charge in [0.05, 0.1) is 21.3 Å². The van der Waals surface area contributed by atoms with Crippen LogP contribution in [-0.2, 0) is 0 Å². The zero-order chi connectivity index (χ0) is 18.5. The van der Waals surface area contributed by atoms with Crippen molar-refractivity contribution in [2.24, 2.45) is 5.10 Å². The van der Waals surface area contributed by atoms with E-state index >= 15 is 0 Å². The predicted octanol–water partition coefficient (Wildman–Crippen LogP) is 4.71. The Morgan fingerprint density at radius 1 is 1.31 bits per heavy atom. The fraction of sp³-hybridized carbons (Fsp3) is 0. The standard InChI is InChI=1S/C17H10ClN5O2S/c18-13-6-1-2-7-14(13)21-22-15(9-19)17-20-16(10-26-17)11-4-3-5-12(8-11)23(24)25/h1-8,10,21H/b22-15+. The van der Waals surface area contributed by atoms with Crippen molar-refractivity contribution in [1.29, 1.82) is 5.26 Å². The van der Waals surface area contributed by atoms with Crippen molar-refractivity contribution >= 4 is 40.0 Å². The van der Waals surface area contributed by atoms with E-state index in [1.165, 1.54) is 23.5 Å². The summed E-state index contributed by atoms with van der Waals surface area (Å²) in [7, 11) is 0. The quantitative estimate of drug-likeness (QED) is 0.390. The Morgan fingerprint density at radius 2 is 2.12 bits per heavy atom. The molecule has 26 heavy (non-hydrogen) atoms. The van der Waals surface area contributed by atoms with Gasteiger partial charge in [-0.25, -0.2) is 4.98 Å². The number of aromatic nitrogens is 1. The minimum absolute atomic E-state index is 0.0217. The molecule has 128 valence electrons. The van der Waals surface area contributed by atoms with Crippen LogP contribution in [0.3, 0.4) is 0 Å². The zero-order valence-corrected chi connectivity index (χ0v) is 14.7. The van der Waals surface area contributed by atoms with Gasteiger partial charge in [0.25, 0.3) is 5.69 Å². The fourth-order valence-electron chi connectivity index (χ4n) is 2.08. The largest absolute Gasteiger partial charge is 0.276 e. The highest BCUT2D eigenvalue weighted by Gasteiger charge is 2.13. The van der Waals surface area contributed by atoms with E-state index in [9.17, 15) is 15.4 Å². The highest BCUT2D eigenvalue weighted by Crippen LogP contribution is 2.26. The first-order valence-corrected chi connectivity index (χ1v) is 8.53. The number of benzene rings is 2. The normalized spacial score (nSPS) is 11.0. The van der Waals surface area contributed by atoms with Gasteiger partial charge in [-0.2, -0.15) is 10.4 Å². The van der Waals surface area contributed by atoms with Crippen LogP contribution in [-0.4, -0.2) is 15.6 Å². The van der Waals surface area contributed by atoms with Gasteiger partial charge in [-0.05, 0) is 12.1 Å². The monoisotopic (exact) mass is 383 g/mol. The second kappa shape index (κ2) is 7.74. The summed E-state index contributed by atoms with van der Waals surface area (Å²) in [6, 6.07) is 15.2. The third kappa shape index (κ3) is 3.85. The van der Waals surface area contributed by atoms with Crippen LogP contribution in [0.15, 0.2) is 59.0 Å². The molecule has 0 fully saturated rings. The lowest BCUT2D eigenvalue weighted by Crippen LogP contribution is -2.01. The molecule has 1 aromatic heterocycles. The number of nitriles is 1. The van der Waals surface area contributed by atoms with Crippen LogP contribution in [0, 0.1) is 21.4 Å². The lowest BCUT2D eigenvalue weighted by molar-refractivity contribution is -0.384. The highest BCUT2D eigenvalue weighted by atomic mass is 35.5. The number of nitro groups is 1. The summed E-state index contributed by atoms with van der Waals surface area (Å²) >= 11 is 7.26. The second-order valence-corrected chi connectivity index (χ2v) is 6.27. The minimum Gasteiger partial charge on any atom is -0.276 e. The summed E-state index contributed by atoms with van der Waals surface area (Å²) in [6.07, 6.45) is 0. The van der Waals surface area contributed by atoms with Crippen LogP contribution in [0.5, 0.6) is 0 Å². The number of anilines is 1. The molecule has 9 heteroatoms. The van der Waals surface area contributed by atoms with Crippen LogP contribution in [0.1, 0.15) is 5.01 Å². The van der Waals surface area contributed by atoms with Crippen LogP contribution in [0.2, 0.25) is 5.02 Å². The van der Waals surface area contributed by atoms with Crippen molar-refractivity contribution in [3.63, 3.8) is 0 Å². The lowest BCUT2D eigenvalue weighted by Gasteiger charge is -2.02. The van der Waals surface area contributed by atoms with Crippen LogP contribution < -0.4 is 5.43 Å². The number of non-ortho nitro benzene ring substituents is 1. The topological polar surface area (TPSA) is 104 Å². The number of nitro benzene ring substituents is 1. The Morgan fingerprint density at radius 3 is 2.85 bits per heavy atom. The first kappa shape index (κ1) is 17.5. The zero-order valence-electron chi connectivity index (χ0n) is 13.1. The van der Waals surface area contributed by atoms with E-state index in [1.807, 2.05) is 6.07 Å². The molecule has 1 heterocycles. The van der Waals surface area contributed by atoms with E-state index in [0.29, 0.717) is 27.0 Å². The maximum absolute atomic E-state index is 10.9. The van der Waals surface area contributed by atoms with E-state index in [2.05, 4.69) is 15.5 Å². The van der Waals surface area contributed by atoms with Crippen molar-refractivity contribution < 1.29 is 4.92 Å². The van der Waals surface area contributed by atoms with E-state index < -0.39 is 4.92 Å². The van der Waals surface area contributed by atoms with Crippen LogP contribution in [0.4, 0.5) is 11.4 Å². The van der Waals surface area contributed by atoms with Gasteiger partial charge in [-0.1, -0.05) is 35.9 Å². The molecule has 2 aromatic carbocycles. The summed E-state index contributed by atoms with van der Waals surface area (Å²) in [5.41, 5.74) is 4.51. The Balaban J connectivity index is 1.87. The van der Waals surface area contributed by atoms with Crippen molar-refractivity contribution in [3.8, 4) is 17.3 Å². The number of hydrogen-bond donors (Lipinski definition) is 1. The van der Waals surface area contributed by atoms with Gasteiger partial charge in [0.1, 0.15) is 6.07 Å². The second-order valence-electron chi connectivity index (χ2n) is 5.01. The maximum atomic E-state index is 10.9. The SMILES string of the molecule is N#C/C(=N\Nc1ccccc1Cl)c1nc(-c2cccc([N+](=O)[O-])c2)cs1. The molecule has 3 aromatic rings. The Labute approximate surface area is 157 Å². The van der Waals surface area contributed by atoms with Gasteiger partial charge < -0.3 is 0 Å². The number of hydrazone groups is 1. The Hall–Kier alpha value is -3.28. The van der Waals surface area contributed by atoms with Gasteiger partial charge in [0.15, 0.2) is 10.7 Å². The summed E-state index contributed by atoms with van der Waals surface area (Å²) in [6.45, 7) is 0. The Kier molecular flexibility index (Phi) is 5.22. The van der Waals surface area contributed by atoms with Gasteiger partial charge in [-0.15, -0.1) is 11.3 Å². The third-order valence-electron chi connectivity index (χ3n) is 3.33. The first-order chi connectivity index (χ1) is 12.6. The molecule has 0 aliphatic heterocycles. The smallest absolute Gasteiger partial charge is 0.270 e. The van der Waals surface area contributed by atoms with Gasteiger partial charge in [0, 0.05) is 23.1 Å². The summed E-state index contributed by atoms with van der Waals surface area (Å²) in [5.74, 6) is 0. The number of halogens is 1. The van der Waals surface area contributed by atoms with Crippen LogP contribution >= 0.6 is 22.9 Å².